The van der Waals surface area contributed by atoms with E-state index in [9.17, 15) is 9.90 Å². The monoisotopic (exact) mass is 536 g/mol. The van der Waals surface area contributed by atoms with Crippen molar-refractivity contribution >= 4 is 22.8 Å². The smallest absolute Gasteiger partial charge is 0.410 e. The van der Waals surface area contributed by atoms with Gasteiger partial charge in [0.05, 0.1) is 50.2 Å². The topological polar surface area (TPSA) is 115 Å². The van der Waals surface area contributed by atoms with Gasteiger partial charge in [-0.25, -0.2) is 9.48 Å². The number of aliphatic hydroxyl groups is 1. The highest BCUT2D eigenvalue weighted by Crippen LogP contribution is 2.36. The fraction of sp³-hybridized carbons (Fsp3) is 0.571. The lowest BCUT2D eigenvalue weighted by Gasteiger charge is -2.37. The molecule has 11 nitrogen and oxygen atoms in total. The second-order valence-electron chi connectivity index (χ2n) is 11.8. The summed E-state index contributed by atoms with van der Waals surface area (Å²) in [5.41, 5.74) is 2.42. The first-order valence-electron chi connectivity index (χ1n) is 13.6. The van der Waals surface area contributed by atoms with Crippen molar-refractivity contribution in [2.24, 2.45) is 0 Å². The van der Waals surface area contributed by atoms with Crippen LogP contribution in [0.5, 0.6) is 6.01 Å². The Kier molecular flexibility index (Phi) is 6.38. The summed E-state index contributed by atoms with van der Waals surface area (Å²) in [5, 5.41) is 16.8. The van der Waals surface area contributed by atoms with Gasteiger partial charge in [-0.2, -0.15) is 15.1 Å². The Morgan fingerprint density at radius 2 is 1.95 bits per heavy atom. The molecule has 2 unspecified atom stereocenters. The lowest BCUT2D eigenvalue weighted by Crippen LogP contribution is -2.47. The van der Waals surface area contributed by atoms with E-state index in [-0.39, 0.29) is 24.6 Å². The van der Waals surface area contributed by atoms with Crippen LogP contribution in [0.3, 0.4) is 0 Å². The van der Waals surface area contributed by atoms with Crippen molar-refractivity contribution in [3.8, 4) is 11.8 Å². The van der Waals surface area contributed by atoms with Gasteiger partial charge < -0.3 is 29.1 Å². The molecule has 3 saturated heterocycles. The van der Waals surface area contributed by atoms with Crippen LogP contribution in [-0.4, -0.2) is 93.0 Å². The van der Waals surface area contributed by atoms with Crippen LogP contribution in [0, 0.1) is 6.92 Å². The first-order chi connectivity index (χ1) is 18.6. The number of methoxy groups -OCH3 is 1. The van der Waals surface area contributed by atoms with E-state index in [1.165, 1.54) is 0 Å². The summed E-state index contributed by atoms with van der Waals surface area (Å²) >= 11 is 0. The highest BCUT2D eigenvalue weighted by Gasteiger charge is 2.40. The molecule has 0 aliphatic carbocycles. The molecule has 4 atom stereocenters. The van der Waals surface area contributed by atoms with E-state index in [1.54, 1.807) is 16.7 Å². The number of aromatic nitrogens is 4. The van der Waals surface area contributed by atoms with Gasteiger partial charge in [0, 0.05) is 30.5 Å². The fourth-order valence-corrected chi connectivity index (χ4v) is 6.00. The molecule has 0 saturated carbocycles. The number of hydrogen-bond acceptors (Lipinski definition) is 9. The molecule has 0 radical (unpaired) electrons. The molecule has 3 aromatic rings. The molecule has 1 amide bonds. The number of likely N-dealkylation sites (tertiary alicyclic amines) is 1. The highest BCUT2D eigenvalue weighted by molar-refractivity contribution is 5.82. The number of aliphatic hydroxyl groups excluding tert-OH is 1. The van der Waals surface area contributed by atoms with E-state index in [1.807, 2.05) is 33.0 Å². The zero-order chi connectivity index (χ0) is 27.5. The van der Waals surface area contributed by atoms with E-state index in [0.717, 1.165) is 40.8 Å². The van der Waals surface area contributed by atoms with E-state index in [2.05, 4.69) is 39.0 Å². The number of rotatable bonds is 4. The minimum atomic E-state index is -0.711. The number of anilines is 1. The fourth-order valence-electron chi connectivity index (χ4n) is 6.00. The van der Waals surface area contributed by atoms with Crippen LogP contribution in [0.25, 0.3) is 16.7 Å². The molecule has 0 spiro atoms. The molecule has 208 valence electrons. The molecular weight excluding hydrogens is 500 g/mol. The number of ether oxygens (including phenoxy) is 3. The number of morpholine rings is 1. The summed E-state index contributed by atoms with van der Waals surface area (Å²) in [6, 6.07) is 6.72. The Morgan fingerprint density at radius 3 is 2.62 bits per heavy atom. The third-order valence-electron chi connectivity index (χ3n) is 7.86. The van der Waals surface area contributed by atoms with Crippen molar-refractivity contribution in [3.05, 3.63) is 35.5 Å². The highest BCUT2D eigenvalue weighted by atomic mass is 16.6. The minimum Gasteiger partial charge on any atom is -0.467 e. The minimum absolute atomic E-state index is 0.118. The van der Waals surface area contributed by atoms with E-state index in [4.69, 9.17) is 14.2 Å². The van der Waals surface area contributed by atoms with Crippen molar-refractivity contribution in [3.63, 3.8) is 0 Å². The average molecular weight is 537 g/mol. The lowest BCUT2D eigenvalue weighted by molar-refractivity contribution is -0.00155. The quantitative estimate of drug-likeness (QED) is 0.537. The number of carbonyl (C=O) groups excluding carboxylic acids is 1. The van der Waals surface area contributed by atoms with Gasteiger partial charge in [0.2, 0.25) is 0 Å². The molecule has 1 aromatic carbocycles. The molecule has 3 fully saturated rings. The molecule has 5 heterocycles. The summed E-state index contributed by atoms with van der Waals surface area (Å²) in [6.07, 6.45) is 2.60. The summed E-state index contributed by atoms with van der Waals surface area (Å²) in [4.78, 5) is 25.7. The molecular formula is C28H36N6O5. The second kappa shape index (κ2) is 9.63. The Balaban J connectivity index is 1.30. The zero-order valence-corrected chi connectivity index (χ0v) is 23.1. The van der Waals surface area contributed by atoms with Crippen LogP contribution < -0.4 is 9.64 Å². The molecule has 3 aliphatic heterocycles. The average Bonchev–Trinajstić information content (AvgIpc) is 3.63. The molecule has 11 heteroatoms. The number of hydrogen-bond donors (Lipinski definition) is 1. The maximum atomic E-state index is 12.6. The summed E-state index contributed by atoms with van der Waals surface area (Å²) in [5.74, 6) is 1.30. The normalized spacial score (nSPS) is 25.0. The number of benzene rings is 1. The number of carbonyl (C=O) groups is 1. The van der Waals surface area contributed by atoms with E-state index >= 15 is 0 Å². The lowest BCUT2D eigenvalue weighted by atomic mass is 9.84. The Bertz CT molecular complexity index is 1400. The number of aryl methyl sites for hydroxylation is 1. The van der Waals surface area contributed by atoms with Gasteiger partial charge in [0.25, 0.3) is 0 Å². The van der Waals surface area contributed by atoms with Crippen LogP contribution in [0.15, 0.2) is 24.4 Å². The third-order valence-corrected chi connectivity index (χ3v) is 7.86. The van der Waals surface area contributed by atoms with Crippen LogP contribution in [0.1, 0.15) is 50.7 Å². The summed E-state index contributed by atoms with van der Waals surface area (Å²) < 4.78 is 18.5. The number of β-amino-alcohol motifs (C(OH)–C–C–N with tert-alkyl or cyclic N) is 1. The van der Waals surface area contributed by atoms with Gasteiger partial charge >= 0.3 is 12.1 Å². The molecule has 1 N–H and O–H groups in total. The van der Waals surface area contributed by atoms with Gasteiger partial charge in [-0.1, -0.05) is 0 Å². The molecule has 2 aromatic heterocycles. The van der Waals surface area contributed by atoms with Gasteiger partial charge in [-0.3, -0.25) is 0 Å². The predicted octanol–water partition coefficient (Wildman–Crippen LogP) is 3.20. The number of nitrogens with zero attached hydrogens (tertiary/aromatic N) is 6. The SMILES string of the molecule is COc1nc(N2C[C@H]3C[C@@H]2CO3)cc(-n2ncc3cc(C)c(C4CCN(C(=O)OC(C)(C)C)CC4O)cc32)n1. The Morgan fingerprint density at radius 1 is 1.15 bits per heavy atom. The van der Waals surface area contributed by atoms with Crippen LogP contribution in [0.2, 0.25) is 0 Å². The van der Waals surface area contributed by atoms with Crippen molar-refractivity contribution in [2.75, 3.05) is 38.3 Å². The maximum Gasteiger partial charge on any atom is 0.410 e. The number of fused-ring (bicyclic) bond motifs is 3. The first-order valence-corrected chi connectivity index (χ1v) is 13.6. The first kappa shape index (κ1) is 25.8. The van der Waals surface area contributed by atoms with Crippen molar-refractivity contribution in [1.29, 1.82) is 0 Å². The molecule has 39 heavy (non-hydrogen) atoms. The summed E-state index contributed by atoms with van der Waals surface area (Å²) in [7, 11) is 1.57. The van der Waals surface area contributed by atoms with E-state index in [0.29, 0.717) is 31.4 Å². The maximum absolute atomic E-state index is 12.6. The van der Waals surface area contributed by atoms with Crippen LogP contribution in [-0.2, 0) is 9.47 Å². The Labute approximate surface area is 227 Å². The van der Waals surface area contributed by atoms with Gasteiger partial charge in [-0.15, -0.1) is 0 Å². The van der Waals surface area contributed by atoms with Gasteiger partial charge in [0.1, 0.15) is 11.4 Å². The molecule has 6 rings (SSSR count). The van der Waals surface area contributed by atoms with Crippen molar-refractivity contribution in [2.45, 2.75) is 70.3 Å². The second-order valence-corrected chi connectivity index (χ2v) is 11.8. The van der Waals surface area contributed by atoms with Crippen molar-refractivity contribution in [1.82, 2.24) is 24.6 Å². The zero-order valence-electron chi connectivity index (χ0n) is 23.1. The van der Waals surface area contributed by atoms with Crippen LogP contribution >= 0.6 is 0 Å². The molecule has 2 bridgehead atoms. The van der Waals surface area contributed by atoms with Crippen molar-refractivity contribution < 1.29 is 24.1 Å². The van der Waals surface area contributed by atoms with Crippen LogP contribution in [0.4, 0.5) is 10.6 Å². The number of amides is 1. The molecule has 3 aliphatic rings. The standard InChI is InChI=1S/C28H36N6O5/c1-16-8-17-12-29-34(25-11-24(30-26(31-25)37-5)33-13-19-9-18(33)15-38-19)22(17)10-21(16)20-6-7-32(14-23(20)35)27(36)39-28(2,3)4/h8,10-12,18-20,23,35H,6-7,9,13-15H2,1-5H3/t18-,19-,20?,23?/m1/s1. The summed E-state index contributed by atoms with van der Waals surface area (Å²) in [6.45, 7) is 9.82. The largest absolute Gasteiger partial charge is 0.467 e. The van der Waals surface area contributed by atoms with E-state index < -0.39 is 17.8 Å². The number of piperidine rings is 1. The Hall–Kier alpha value is -3.44. The third kappa shape index (κ3) is 4.89. The van der Waals surface area contributed by atoms with Gasteiger partial charge in [0.15, 0.2) is 5.82 Å². The van der Waals surface area contributed by atoms with Gasteiger partial charge in [-0.05, 0) is 63.8 Å². The predicted molar refractivity (Wildman–Crippen MR) is 145 cm³/mol.